The molecule has 1 heterocycles. The number of ether oxygens (including phenoxy) is 2. The molecule has 0 amide bonds. The maximum atomic E-state index is 10.8. The zero-order valence-electron chi connectivity index (χ0n) is 20.8. The second-order valence-corrected chi connectivity index (χ2v) is 9.35. The quantitative estimate of drug-likeness (QED) is 0.257. The summed E-state index contributed by atoms with van der Waals surface area (Å²) in [6, 6.07) is 31.2. The first-order valence-electron chi connectivity index (χ1n) is 12.5. The third kappa shape index (κ3) is 6.24. The Morgan fingerprint density at radius 2 is 1.73 bits per heavy atom. The molecule has 1 aliphatic heterocycles. The van der Waals surface area contributed by atoms with Crippen LogP contribution in [0.3, 0.4) is 0 Å². The van der Waals surface area contributed by atoms with E-state index in [0.717, 1.165) is 25.1 Å². The van der Waals surface area contributed by atoms with E-state index in [-0.39, 0.29) is 37.1 Å². The molecule has 4 aromatic rings. The summed E-state index contributed by atoms with van der Waals surface area (Å²) in [5.74, 6) is 0.726. The highest BCUT2D eigenvalue weighted by molar-refractivity contribution is 5.86. The van der Waals surface area contributed by atoms with Gasteiger partial charge in [0.1, 0.15) is 17.6 Å². The van der Waals surface area contributed by atoms with E-state index in [1.54, 1.807) is 0 Å². The normalized spacial score (nSPS) is 17.2. The van der Waals surface area contributed by atoms with Gasteiger partial charge in [0, 0.05) is 17.5 Å². The number of aliphatic carboxylic acids is 1. The van der Waals surface area contributed by atoms with Crippen molar-refractivity contribution < 1.29 is 19.4 Å². The number of carboxylic acid groups (broad SMARTS) is 1. The van der Waals surface area contributed by atoms with Gasteiger partial charge >= 0.3 is 5.97 Å². The molecule has 1 aliphatic rings. The molecule has 192 valence electrons. The van der Waals surface area contributed by atoms with Gasteiger partial charge in [0.25, 0.3) is 0 Å². The van der Waals surface area contributed by atoms with Crippen molar-refractivity contribution in [2.24, 2.45) is 0 Å². The largest absolute Gasteiger partial charge is 0.490 e. The topological polar surface area (TPSA) is 67.8 Å². The minimum Gasteiger partial charge on any atom is -0.490 e. The van der Waals surface area contributed by atoms with Gasteiger partial charge in [-0.05, 0) is 66.4 Å². The fraction of sp³-hybridized carbons (Fsp3) is 0.258. The van der Waals surface area contributed by atoms with Gasteiger partial charge in [-0.2, -0.15) is 0 Å². The average molecular weight is 518 g/mol. The predicted molar refractivity (Wildman–Crippen MR) is 149 cm³/mol. The molecule has 3 atom stereocenters. The summed E-state index contributed by atoms with van der Waals surface area (Å²) in [5.41, 5.74) is 3.67. The molecule has 0 spiro atoms. The van der Waals surface area contributed by atoms with Crippen LogP contribution < -0.4 is 14.8 Å². The van der Waals surface area contributed by atoms with Crippen molar-refractivity contribution in [3.8, 4) is 11.5 Å². The van der Waals surface area contributed by atoms with Gasteiger partial charge in [-0.15, -0.1) is 12.4 Å². The molecular weight excluding hydrogens is 486 g/mol. The van der Waals surface area contributed by atoms with Crippen LogP contribution >= 0.6 is 12.4 Å². The van der Waals surface area contributed by atoms with Crippen LogP contribution in [0.4, 0.5) is 0 Å². The van der Waals surface area contributed by atoms with Crippen LogP contribution in [0.2, 0.25) is 0 Å². The number of para-hydroxylation sites is 1. The second kappa shape index (κ2) is 12.1. The van der Waals surface area contributed by atoms with Gasteiger partial charge in [0.15, 0.2) is 6.61 Å². The Labute approximate surface area is 223 Å². The van der Waals surface area contributed by atoms with Gasteiger partial charge in [0.05, 0.1) is 0 Å². The maximum Gasteiger partial charge on any atom is 0.341 e. The predicted octanol–water partition coefficient (Wildman–Crippen LogP) is 6.75. The zero-order valence-corrected chi connectivity index (χ0v) is 21.6. The van der Waals surface area contributed by atoms with Gasteiger partial charge in [0.2, 0.25) is 0 Å². The first kappa shape index (κ1) is 26.5. The smallest absolute Gasteiger partial charge is 0.341 e. The minimum absolute atomic E-state index is 0. The van der Waals surface area contributed by atoms with E-state index in [0.29, 0.717) is 5.75 Å². The molecule has 0 saturated carbocycles. The summed E-state index contributed by atoms with van der Waals surface area (Å²) in [5, 5.41) is 15.1. The first-order valence-corrected chi connectivity index (χ1v) is 12.5. The molecule has 0 fully saturated rings. The molecule has 6 heteroatoms. The Bertz CT molecular complexity index is 1340. The molecule has 5 rings (SSSR count). The highest BCUT2D eigenvalue weighted by Crippen LogP contribution is 2.41. The number of rotatable bonds is 9. The molecule has 0 radical (unpaired) electrons. The van der Waals surface area contributed by atoms with Crippen LogP contribution in [0.1, 0.15) is 48.4 Å². The average Bonchev–Trinajstić information content (AvgIpc) is 2.91. The number of carbonyl (C=O) groups is 1. The minimum atomic E-state index is -0.983. The van der Waals surface area contributed by atoms with Crippen LogP contribution in [0.5, 0.6) is 11.5 Å². The van der Waals surface area contributed by atoms with Gasteiger partial charge in [-0.25, -0.2) is 4.79 Å². The molecule has 0 saturated heterocycles. The Balaban J connectivity index is 0.00000320. The summed E-state index contributed by atoms with van der Waals surface area (Å²) in [6.45, 7) is 2.73. The van der Waals surface area contributed by atoms with Gasteiger partial charge in [-0.1, -0.05) is 72.8 Å². The molecule has 5 nitrogen and oxygen atoms in total. The van der Waals surface area contributed by atoms with Crippen molar-refractivity contribution >= 4 is 29.1 Å². The van der Waals surface area contributed by atoms with E-state index in [2.05, 4.69) is 60.8 Å². The molecule has 4 aromatic carbocycles. The summed E-state index contributed by atoms with van der Waals surface area (Å²) in [4.78, 5) is 10.8. The van der Waals surface area contributed by atoms with Crippen molar-refractivity contribution in [2.75, 3.05) is 13.2 Å². The number of halogens is 1. The van der Waals surface area contributed by atoms with Crippen LogP contribution in [-0.2, 0) is 4.79 Å². The number of hydrogen-bond donors (Lipinski definition) is 2. The lowest BCUT2D eigenvalue weighted by Crippen LogP contribution is -2.31. The maximum absolute atomic E-state index is 10.8. The lowest BCUT2D eigenvalue weighted by Gasteiger charge is -2.33. The number of hydrogen-bond acceptors (Lipinski definition) is 4. The van der Waals surface area contributed by atoms with Crippen molar-refractivity contribution in [3.05, 3.63) is 108 Å². The summed E-state index contributed by atoms with van der Waals surface area (Å²) in [7, 11) is 0. The highest BCUT2D eigenvalue weighted by Gasteiger charge is 2.29. The SMILES string of the molecule is C[C@@H](NCCC1CC(c2ccc(OCC(=O)O)cc2)c2ccccc2O1)c1cccc2ccccc12.Cl. The van der Waals surface area contributed by atoms with Crippen LogP contribution in [0.25, 0.3) is 10.8 Å². The first-order chi connectivity index (χ1) is 17.6. The van der Waals surface area contributed by atoms with E-state index in [9.17, 15) is 4.79 Å². The molecule has 0 aliphatic carbocycles. The van der Waals surface area contributed by atoms with Gasteiger partial charge in [-0.3, -0.25) is 0 Å². The molecular formula is C31H32ClNO4. The number of fused-ring (bicyclic) bond motifs is 2. The Morgan fingerprint density at radius 1 is 1.00 bits per heavy atom. The number of carboxylic acids is 1. The van der Waals surface area contributed by atoms with Crippen LogP contribution in [-0.4, -0.2) is 30.3 Å². The van der Waals surface area contributed by atoms with E-state index in [4.69, 9.17) is 14.6 Å². The lowest BCUT2D eigenvalue weighted by molar-refractivity contribution is -0.139. The third-order valence-corrected chi connectivity index (χ3v) is 6.94. The van der Waals surface area contributed by atoms with Crippen molar-refractivity contribution in [3.63, 3.8) is 0 Å². The van der Waals surface area contributed by atoms with Crippen LogP contribution in [0, 0.1) is 0 Å². The van der Waals surface area contributed by atoms with E-state index in [1.165, 1.54) is 27.5 Å². The summed E-state index contributed by atoms with van der Waals surface area (Å²) >= 11 is 0. The van der Waals surface area contributed by atoms with E-state index < -0.39 is 5.97 Å². The molecule has 37 heavy (non-hydrogen) atoms. The van der Waals surface area contributed by atoms with Crippen molar-refractivity contribution in [2.45, 2.75) is 37.8 Å². The third-order valence-electron chi connectivity index (χ3n) is 6.94. The van der Waals surface area contributed by atoms with E-state index >= 15 is 0 Å². The second-order valence-electron chi connectivity index (χ2n) is 9.35. The Hall–Kier alpha value is -3.54. The standard InChI is InChI=1S/C31H31NO4.ClH/c1-21(26-11-6-8-22-7-2-3-9-27(22)26)32-18-17-25-19-29(28-10-4-5-12-30(28)36-25)23-13-15-24(16-14-23)35-20-31(33)34;/h2-16,21,25,29,32H,17-20H2,1H3,(H,33,34);1H/t21-,25?,29?;/m1./s1. The Kier molecular flexibility index (Phi) is 8.70. The van der Waals surface area contributed by atoms with Crippen molar-refractivity contribution in [1.82, 2.24) is 5.32 Å². The summed E-state index contributed by atoms with van der Waals surface area (Å²) in [6.07, 6.45) is 1.89. The molecule has 0 aromatic heterocycles. The zero-order chi connectivity index (χ0) is 24.9. The van der Waals surface area contributed by atoms with Crippen LogP contribution in [0.15, 0.2) is 91.0 Å². The van der Waals surface area contributed by atoms with E-state index in [1.807, 2.05) is 42.5 Å². The monoisotopic (exact) mass is 517 g/mol. The highest BCUT2D eigenvalue weighted by atomic mass is 35.5. The number of nitrogens with one attached hydrogen (secondary N) is 1. The van der Waals surface area contributed by atoms with Crippen molar-refractivity contribution in [1.29, 1.82) is 0 Å². The molecule has 0 bridgehead atoms. The Morgan fingerprint density at radius 3 is 2.54 bits per heavy atom. The number of benzene rings is 4. The van der Waals surface area contributed by atoms with Gasteiger partial charge < -0.3 is 19.9 Å². The fourth-order valence-corrected chi connectivity index (χ4v) is 5.13. The summed E-state index contributed by atoms with van der Waals surface area (Å²) < 4.78 is 11.7. The molecule has 2 N–H and O–H groups in total. The lowest BCUT2D eigenvalue weighted by atomic mass is 9.83. The molecule has 2 unspecified atom stereocenters. The fourth-order valence-electron chi connectivity index (χ4n) is 5.13.